The van der Waals surface area contributed by atoms with Crippen LogP contribution in [0.5, 0.6) is 0 Å². The molecule has 2 fully saturated rings. The second kappa shape index (κ2) is 12.6. The number of anilines is 2. The van der Waals surface area contributed by atoms with Crippen molar-refractivity contribution in [1.29, 1.82) is 0 Å². The van der Waals surface area contributed by atoms with Crippen LogP contribution in [0.15, 0.2) is 0 Å². The summed E-state index contributed by atoms with van der Waals surface area (Å²) < 4.78 is 0. The zero-order chi connectivity index (χ0) is 23.6. The van der Waals surface area contributed by atoms with E-state index in [2.05, 4.69) is 42.5 Å². The van der Waals surface area contributed by atoms with Crippen molar-refractivity contribution in [2.75, 3.05) is 43.0 Å². The summed E-state index contributed by atoms with van der Waals surface area (Å²) in [5.74, 6) is 0.599. The van der Waals surface area contributed by atoms with Crippen LogP contribution in [0.2, 0.25) is 0 Å². The molecule has 184 valence electrons. The number of likely N-dealkylation sites (tertiary alicyclic amines) is 1. The van der Waals surface area contributed by atoms with Gasteiger partial charge in [-0.25, -0.2) is 5.06 Å². The van der Waals surface area contributed by atoms with Crippen LogP contribution in [-0.2, 0) is 9.59 Å². The lowest BCUT2D eigenvalue weighted by Gasteiger charge is -2.36. The molecule has 2 aliphatic heterocycles. The first-order chi connectivity index (χ1) is 16.0. The number of rotatable bonds is 12. The number of hydrogen-bond acceptors (Lipinski definition) is 9. The molecule has 0 saturated carbocycles. The lowest BCUT2D eigenvalue weighted by atomic mass is 10.0. The van der Waals surface area contributed by atoms with Crippen LogP contribution in [0, 0.1) is 12.8 Å². The molecule has 0 spiro atoms. The highest BCUT2D eigenvalue weighted by Gasteiger charge is 2.28. The molecule has 3 rings (SSSR count). The molecule has 2 aliphatic rings. The predicted octanol–water partition coefficient (Wildman–Crippen LogP) is 1.73. The predicted molar refractivity (Wildman–Crippen MR) is 125 cm³/mol. The van der Waals surface area contributed by atoms with Crippen molar-refractivity contribution in [2.45, 2.75) is 71.3 Å². The number of amides is 2. The van der Waals surface area contributed by atoms with Gasteiger partial charge in [-0.15, -0.1) is 0 Å². The monoisotopic (exact) mass is 462 g/mol. The average molecular weight is 463 g/mol. The van der Waals surface area contributed by atoms with E-state index in [1.165, 1.54) is 25.9 Å². The summed E-state index contributed by atoms with van der Waals surface area (Å²) in [6, 6.07) is 0.644. The molecular formula is C22H38N8O3. The Bertz CT molecular complexity index is 766. The van der Waals surface area contributed by atoms with Gasteiger partial charge in [0.2, 0.25) is 24.2 Å². The normalized spacial score (nSPS) is 18.2. The average Bonchev–Trinajstić information content (AvgIpc) is 3.36. The third-order valence-electron chi connectivity index (χ3n) is 6.49. The Kier molecular flexibility index (Phi) is 9.61. The first-order valence-electron chi connectivity index (χ1n) is 12.2. The third-order valence-corrected chi connectivity index (χ3v) is 6.49. The van der Waals surface area contributed by atoms with E-state index in [9.17, 15) is 14.8 Å². The second-order valence-electron chi connectivity index (χ2n) is 9.00. The first-order valence-corrected chi connectivity index (χ1v) is 12.2. The Morgan fingerprint density at radius 1 is 1.18 bits per heavy atom. The largest absolute Gasteiger partial charge is 0.341 e. The summed E-state index contributed by atoms with van der Waals surface area (Å²) in [5, 5.41) is 10.1. The topological polar surface area (TPSA) is 127 Å². The molecule has 0 radical (unpaired) electrons. The number of carbonyl (C=O) groups is 2. The van der Waals surface area contributed by atoms with Gasteiger partial charge in [-0.1, -0.05) is 26.2 Å². The zero-order valence-corrected chi connectivity index (χ0v) is 19.9. The van der Waals surface area contributed by atoms with E-state index in [1.54, 1.807) is 6.92 Å². The number of hydrogen-bond donors (Lipinski definition) is 3. The molecular weight excluding hydrogens is 424 g/mol. The summed E-state index contributed by atoms with van der Waals surface area (Å²) in [5.41, 5.74) is 5.43. The Labute approximate surface area is 195 Å². The van der Waals surface area contributed by atoms with Crippen molar-refractivity contribution >= 4 is 24.2 Å². The third kappa shape index (κ3) is 7.50. The molecule has 3 N–H and O–H groups in total. The van der Waals surface area contributed by atoms with Gasteiger partial charge in [-0.2, -0.15) is 15.0 Å². The van der Waals surface area contributed by atoms with Gasteiger partial charge in [0.15, 0.2) is 0 Å². The maximum Gasteiger partial charge on any atom is 0.246 e. The van der Waals surface area contributed by atoms with Crippen LogP contribution in [0.3, 0.4) is 0 Å². The molecule has 1 atom stereocenters. The molecule has 11 nitrogen and oxygen atoms in total. The Morgan fingerprint density at radius 2 is 1.91 bits per heavy atom. The molecule has 1 aromatic rings. The van der Waals surface area contributed by atoms with Crippen LogP contribution < -0.4 is 15.8 Å². The van der Waals surface area contributed by atoms with Crippen molar-refractivity contribution in [2.24, 2.45) is 5.92 Å². The van der Waals surface area contributed by atoms with Crippen molar-refractivity contribution in [3.63, 3.8) is 0 Å². The van der Waals surface area contributed by atoms with Crippen LogP contribution in [0.1, 0.15) is 64.1 Å². The van der Waals surface area contributed by atoms with E-state index >= 15 is 0 Å². The molecule has 2 saturated heterocycles. The van der Waals surface area contributed by atoms with E-state index in [1.807, 2.05) is 0 Å². The van der Waals surface area contributed by atoms with E-state index in [4.69, 9.17) is 0 Å². The number of unbranched alkanes of at least 4 members (excludes halogenated alkanes) is 2. The summed E-state index contributed by atoms with van der Waals surface area (Å²) in [4.78, 5) is 41.6. The number of nitrogens with zero attached hydrogens (tertiary/aromatic N) is 6. The number of hydroxylamine groups is 2. The lowest BCUT2D eigenvalue weighted by molar-refractivity contribution is -0.154. The molecule has 0 aromatic carbocycles. The van der Waals surface area contributed by atoms with E-state index in [0.29, 0.717) is 35.7 Å². The maximum absolute atomic E-state index is 12.7. The fourth-order valence-corrected chi connectivity index (χ4v) is 4.64. The van der Waals surface area contributed by atoms with Gasteiger partial charge in [0.1, 0.15) is 5.82 Å². The molecule has 0 aliphatic carbocycles. The molecule has 11 heteroatoms. The second-order valence-corrected chi connectivity index (χ2v) is 9.00. The van der Waals surface area contributed by atoms with Crippen molar-refractivity contribution in [1.82, 2.24) is 30.3 Å². The molecule has 0 bridgehead atoms. The molecule has 0 unspecified atom stereocenters. The number of carbonyl (C=O) groups excluding carboxylic acids is 2. The van der Waals surface area contributed by atoms with Gasteiger partial charge < -0.3 is 9.80 Å². The minimum absolute atomic E-state index is 0.0613. The van der Waals surface area contributed by atoms with Crippen LogP contribution in [0.4, 0.5) is 11.9 Å². The van der Waals surface area contributed by atoms with Gasteiger partial charge in [0.05, 0.1) is 12.5 Å². The van der Waals surface area contributed by atoms with E-state index in [-0.39, 0.29) is 18.4 Å². The first kappa shape index (κ1) is 25.1. The van der Waals surface area contributed by atoms with Crippen LogP contribution in [-0.4, -0.2) is 81.2 Å². The van der Waals surface area contributed by atoms with Gasteiger partial charge in [0, 0.05) is 19.1 Å². The Balaban J connectivity index is 1.56. The van der Waals surface area contributed by atoms with Crippen molar-refractivity contribution < 1.29 is 14.8 Å². The van der Waals surface area contributed by atoms with E-state index in [0.717, 1.165) is 45.2 Å². The highest BCUT2D eigenvalue weighted by atomic mass is 16.5. The maximum atomic E-state index is 12.7. The SMILES string of the molecule is CCCCC[C@H](CN(O)C=O)C(=O)NNc1nc(C)nc(N2CCC(N3CCCC3)CC2)n1. The van der Waals surface area contributed by atoms with Gasteiger partial charge in [-0.3, -0.25) is 25.6 Å². The highest BCUT2D eigenvalue weighted by Crippen LogP contribution is 2.23. The minimum Gasteiger partial charge on any atom is -0.341 e. The van der Waals surface area contributed by atoms with Crippen LogP contribution in [0.25, 0.3) is 0 Å². The number of aryl methyl sites for hydroxylation is 1. The number of piperidine rings is 1. The van der Waals surface area contributed by atoms with Gasteiger partial charge >= 0.3 is 0 Å². The van der Waals surface area contributed by atoms with Gasteiger partial charge in [0.25, 0.3) is 0 Å². The molecule has 3 heterocycles. The standard InChI is InChI=1S/C22H38N8O3/c1-3-4-5-8-18(15-30(33)16-31)20(32)26-27-21-23-17(2)24-22(25-21)29-13-9-19(10-14-29)28-11-6-7-12-28/h16,18-19,33H,3-15H2,1-2H3,(H,26,32)(H,23,24,25,27)/t18-/m1/s1. The number of nitrogens with one attached hydrogen (secondary N) is 2. The number of hydrazine groups is 1. The van der Waals surface area contributed by atoms with Gasteiger partial charge in [-0.05, 0) is 52.1 Å². The summed E-state index contributed by atoms with van der Waals surface area (Å²) in [6.45, 7) is 8.04. The van der Waals surface area contributed by atoms with Crippen molar-refractivity contribution in [3.05, 3.63) is 5.82 Å². The van der Waals surface area contributed by atoms with E-state index < -0.39 is 5.92 Å². The zero-order valence-electron chi connectivity index (χ0n) is 19.9. The fourth-order valence-electron chi connectivity index (χ4n) is 4.64. The summed E-state index contributed by atoms with van der Waals surface area (Å²) in [7, 11) is 0. The molecule has 1 aromatic heterocycles. The highest BCUT2D eigenvalue weighted by molar-refractivity contribution is 5.80. The molecule has 33 heavy (non-hydrogen) atoms. The smallest absolute Gasteiger partial charge is 0.246 e. The number of aromatic nitrogens is 3. The molecule has 2 amide bonds. The van der Waals surface area contributed by atoms with Crippen LogP contribution >= 0.6 is 0 Å². The Hall–Kier alpha value is -2.53. The fraction of sp³-hybridized carbons (Fsp3) is 0.773. The summed E-state index contributed by atoms with van der Waals surface area (Å²) >= 11 is 0. The summed E-state index contributed by atoms with van der Waals surface area (Å²) in [6.07, 6.45) is 8.51. The minimum atomic E-state index is -0.536. The quantitative estimate of drug-likeness (QED) is 0.184. The Morgan fingerprint density at radius 3 is 2.58 bits per heavy atom. The lowest BCUT2D eigenvalue weighted by Crippen LogP contribution is -2.44. The van der Waals surface area contributed by atoms with Crippen molar-refractivity contribution in [3.8, 4) is 0 Å².